The highest BCUT2D eigenvalue weighted by molar-refractivity contribution is 4.99. The lowest BCUT2D eigenvalue weighted by atomic mass is 9.68. The van der Waals surface area contributed by atoms with Gasteiger partial charge < -0.3 is 5.73 Å². The molecule has 1 aliphatic rings. The van der Waals surface area contributed by atoms with Crippen LogP contribution in [0.4, 0.5) is 0 Å². The van der Waals surface area contributed by atoms with Gasteiger partial charge in [0.15, 0.2) is 0 Å². The third-order valence-electron chi connectivity index (χ3n) is 4.54. The van der Waals surface area contributed by atoms with Crippen molar-refractivity contribution in [3.05, 3.63) is 0 Å². The minimum atomic E-state index is 0.242. The van der Waals surface area contributed by atoms with Gasteiger partial charge in [-0.05, 0) is 45.6 Å². The van der Waals surface area contributed by atoms with E-state index in [1.807, 2.05) is 0 Å². The van der Waals surface area contributed by atoms with Gasteiger partial charge in [0.1, 0.15) is 0 Å². The smallest absolute Gasteiger partial charge is 0.0359 e. The van der Waals surface area contributed by atoms with Crippen LogP contribution in [0.3, 0.4) is 0 Å². The fourth-order valence-electron chi connectivity index (χ4n) is 3.14. The number of hydrogen-bond donors (Lipinski definition) is 1. The molecule has 0 spiro atoms. The van der Waals surface area contributed by atoms with Crippen LogP contribution in [-0.4, -0.2) is 30.1 Å². The molecule has 0 bridgehead atoms. The van der Waals surface area contributed by atoms with Crippen molar-refractivity contribution in [3.8, 4) is 0 Å². The van der Waals surface area contributed by atoms with E-state index in [4.69, 9.17) is 5.73 Å². The molecule has 0 heterocycles. The second kappa shape index (κ2) is 4.84. The number of nitrogens with zero attached hydrogens (tertiary/aromatic N) is 1. The van der Waals surface area contributed by atoms with Gasteiger partial charge in [0.05, 0.1) is 0 Å². The molecule has 1 saturated carbocycles. The van der Waals surface area contributed by atoms with Crippen molar-refractivity contribution in [3.63, 3.8) is 0 Å². The van der Waals surface area contributed by atoms with E-state index in [0.29, 0.717) is 6.04 Å². The van der Waals surface area contributed by atoms with Gasteiger partial charge in [-0.3, -0.25) is 4.90 Å². The molecule has 1 rings (SSSR count). The molecule has 1 aliphatic carbocycles. The Kier molecular flexibility index (Phi) is 4.19. The van der Waals surface area contributed by atoms with Crippen molar-refractivity contribution in [1.82, 2.24) is 4.90 Å². The third kappa shape index (κ3) is 2.36. The monoisotopic (exact) mass is 212 g/mol. The topological polar surface area (TPSA) is 29.3 Å². The van der Waals surface area contributed by atoms with Gasteiger partial charge in [-0.2, -0.15) is 0 Å². The Morgan fingerprint density at radius 2 is 1.93 bits per heavy atom. The van der Waals surface area contributed by atoms with Crippen molar-refractivity contribution >= 4 is 0 Å². The van der Waals surface area contributed by atoms with Crippen LogP contribution in [0.2, 0.25) is 0 Å². The van der Waals surface area contributed by atoms with Crippen LogP contribution >= 0.6 is 0 Å². The van der Waals surface area contributed by atoms with Gasteiger partial charge in [0.25, 0.3) is 0 Å². The summed E-state index contributed by atoms with van der Waals surface area (Å²) in [4.78, 5) is 2.51. The molecule has 0 aromatic carbocycles. The molecule has 0 radical (unpaired) electrons. The molecule has 2 heteroatoms. The van der Waals surface area contributed by atoms with E-state index < -0.39 is 0 Å². The lowest BCUT2D eigenvalue weighted by Gasteiger charge is -2.52. The Bertz CT molecular complexity index is 203. The Morgan fingerprint density at radius 1 is 1.33 bits per heavy atom. The lowest BCUT2D eigenvalue weighted by molar-refractivity contribution is -0.00469. The van der Waals surface area contributed by atoms with Gasteiger partial charge in [-0.25, -0.2) is 0 Å². The predicted molar refractivity (Wildman–Crippen MR) is 66.9 cm³/mol. The summed E-state index contributed by atoms with van der Waals surface area (Å²) in [6.45, 7) is 10.1. The molecule has 0 aromatic rings. The molecular weight excluding hydrogens is 184 g/mol. The summed E-state index contributed by atoms with van der Waals surface area (Å²) in [7, 11) is 2.24. The molecule has 0 aromatic heterocycles. The number of nitrogens with two attached hydrogens (primary N) is 1. The van der Waals surface area contributed by atoms with Crippen molar-refractivity contribution in [2.75, 3.05) is 13.6 Å². The zero-order valence-corrected chi connectivity index (χ0v) is 11.1. The third-order valence-corrected chi connectivity index (χ3v) is 4.54. The summed E-state index contributed by atoms with van der Waals surface area (Å²) in [5.41, 5.74) is 6.33. The van der Waals surface area contributed by atoms with E-state index in [1.54, 1.807) is 0 Å². The van der Waals surface area contributed by atoms with Gasteiger partial charge in [0, 0.05) is 18.1 Å². The Labute approximate surface area is 95.2 Å². The average Bonchev–Trinajstić information content (AvgIpc) is 2.20. The van der Waals surface area contributed by atoms with E-state index in [1.165, 1.54) is 19.3 Å². The first-order valence-corrected chi connectivity index (χ1v) is 6.37. The molecule has 2 N–H and O–H groups in total. The largest absolute Gasteiger partial charge is 0.329 e. The van der Waals surface area contributed by atoms with E-state index in [2.05, 4.69) is 39.6 Å². The Morgan fingerprint density at radius 3 is 2.40 bits per heavy atom. The van der Waals surface area contributed by atoms with Gasteiger partial charge in [-0.15, -0.1) is 0 Å². The maximum Gasteiger partial charge on any atom is 0.0359 e. The summed E-state index contributed by atoms with van der Waals surface area (Å²) in [6, 6.07) is 0.585. The predicted octanol–water partition coefficient (Wildman–Crippen LogP) is 2.48. The number of likely N-dealkylation sites (N-methyl/N-ethyl adjacent to an activating group) is 1. The minimum Gasteiger partial charge on any atom is -0.329 e. The first kappa shape index (κ1) is 13.0. The average molecular weight is 212 g/mol. The van der Waals surface area contributed by atoms with Crippen molar-refractivity contribution in [2.24, 2.45) is 17.6 Å². The van der Waals surface area contributed by atoms with E-state index in [9.17, 15) is 0 Å². The van der Waals surface area contributed by atoms with Crippen LogP contribution in [0.1, 0.15) is 47.0 Å². The molecule has 1 fully saturated rings. The van der Waals surface area contributed by atoms with Crippen molar-refractivity contribution in [1.29, 1.82) is 0 Å². The highest BCUT2D eigenvalue weighted by Gasteiger charge is 2.43. The van der Waals surface area contributed by atoms with Crippen LogP contribution in [0, 0.1) is 11.8 Å². The molecule has 3 atom stereocenters. The van der Waals surface area contributed by atoms with Gasteiger partial charge in [-0.1, -0.05) is 20.3 Å². The quantitative estimate of drug-likeness (QED) is 0.779. The summed E-state index contributed by atoms with van der Waals surface area (Å²) in [5, 5.41) is 0. The lowest BCUT2D eigenvalue weighted by Crippen LogP contribution is -2.60. The molecule has 15 heavy (non-hydrogen) atoms. The van der Waals surface area contributed by atoms with Gasteiger partial charge in [0.2, 0.25) is 0 Å². The SMILES string of the molecule is CC1CCC(C)C(CN)(N(C)C(C)C)C1. The van der Waals surface area contributed by atoms with Crippen molar-refractivity contribution < 1.29 is 0 Å². The Balaban J connectivity index is 2.89. The highest BCUT2D eigenvalue weighted by Crippen LogP contribution is 2.40. The normalized spacial score (nSPS) is 37.6. The molecule has 90 valence electrons. The zero-order valence-electron chi connectivity index (χ0n) is 11.1. The summed E-state index contributed by atoms with van der Waals surface area (Å²) < 4.78 is 0. The molecule has 2 nitrogen and oxygen atoms in total. The molecule has 3 unspecified atom stereocenters. The van der Waals surface area contributed by atoms with Crippen LogP contribution < -0.4 is 5.73 Å². The summed E-state index contributed by atoms with van der Waals surface area (Å²) in [6.07, 6.45) is 3.96. The minimum absolute atomic E-state index is 0.242. The fourth-order valence-corrected chi connectivity index (χ4v) is 3.14. The maximum atomic E-state index is 6.09. The fraction of sp³-hybridized carbons (Fsp3) is 1.00. The first-order chi connectivity index (χ1) is 6.94. The second-order valence-electron chi connectivity index (χ2n) is 5.80. The molecule has 0 aliphatic heterocycles. The second-order valence-corrected chi connectivity index (χ2v) is 5.80. The van der Waals surface area contributed by atoms with Crippen LogP contribution in [0.25, 0.3) is 0 Å². The summed E-state index contributed by atoms with van der Waals surface area (Å²) in [5.74, 6) is 1.55. The van der Waals surface area contributed by atoms with E-state index >= 15 is 0 Å². The van der Waals surface area contributed by atoms with E-state index in [-0.39, 0.29) is 5.54 Å². The molecular formula is C13H28N2. The van der Waals surface area contributed by atoms with E-state index in [0.717, 1.165) is 18.4 Å². The van der Waals surface area contributed by atoms with Crippen LogP contribution in [0.5, 0.6) is 0 Å². The maximum absolute atomic E-state index is 6.09. The van der Waals surface area contributed by atoms with Crippen LogP contribution in [0.15, 0.2) is 0 Å². The zero-order chi connectivity index (χ0) is 11.6. The van der Waals surface area contributed by atoms with Crippen LogP contribution in [-0.2, 0) is 0 Å². The molecule has 0 amide bonds. The Hall–Kier alpha value is -0.0800. The standard InChI is InChI=1S/C13H28N2/c1-10(2)15(5)13(9-14)8-11(3)6-7-12(13)4/h10-12H,6-9,14H2,1-5H3. The number of hydrogen-bond acceptors (Lipinski definition) is 2. The van der Waals surface area contributed by atoms with Crippen molar-refractivity contribution in [2.45, 2.75) is 58.5 Å². The first-order valence-electron chi connectivity index (χ1n) is 6.37. The molecule has 0 saturated heterocycles. The summed E-state index contributed by atoms with van der Waals surface area (Å²) >= 11 is 0. The number of rotatable bonds is 3. The van der Waals surface area contributed by atoms with Gasteiger partial charge >= 0.3 is 0 Å². The highest BCUT2D eigenvalue weighted by atomic mass is 15.2.